The van der Waals surface area contributed by atoms with E-state index < -0.39 is 23.7 Å². The molecule has 2 N–H and O–H groups in total. The quantitative estimate of drug-likeness (QED) is 0.898. The van der Waals surface area contributed by atoms with Crippen LogP contribution in [0.15, 0.2) is 18.2 Å². The number of hydrogen-bond acceptors (Lipinski definition) is 3. The fraction of sp³-hybridized carbons (Fsp3) is 0.467. The lowest BCUT2D eigenvalue weighted by molar-refractivity contribution is -0.143. The normalized spacial score (nSPS) is 21.3. The molecule has 1 heterocycles. The van der Waals surface area contributed by atoms with Crippen molar-refractivity contribution >= 4 is 17.7 Å². The average molecular weight is 310 g/mol. The number of anilines is 1. The third-order valence-corrected chi connectivity index (χ3v) is 3.70. The van der Waals surface area contributed by atoms with Gasteiger partial charge in [0.1, 0.15) is 0 Å². The van der Waals surface area contributed by atoms with Gasteiger partial charge in [0.15, 0.2) is 11.6 Å². The maximum absolute atomic E-state index is 13.6. The summed E-state index contributed by atoms with van der Waals surface area (Å²) < 4.78 is 18.4. The fourth-order valence-electron chi connectivity index (χ4n) is 2.64. The maximum atomic E-state index is 13.6. The Hall–Kier alpha value is -2.31. The van der Waals surface area contributed by atoms with Crippen LogP contribution in [0.3, 0.4) is 0 Å². The number of methoxy groups -OCH3 is 1. The average Bonchev–Trinajstić information content (AvgIpc) is 2.46. The first-order chi connectivity index (χ1) is 10.4. The number of carboxylic acids is 1. The van der Waals surface area contributed by atoms with Gasteiger partial charge in [-0.05, 0) is 24.5 Å². The molecule has 1 saturated heterocycles. The lowest BCUT2D eigenvalue weighted by atomic mass is 9.91. The molecule has 2 atom stereocenters. The second kappa shape index (κ2) is 6.64. The number of rotatable bonds is 3. The first-order valence-electron chi connectivity index (χ1n) is 7.03. The Morgan fingerprint density at radius 1 is 1.41 bits per heavy atom. The Labute approximate surface area is 127 Å². The molecule has 0 bridgehead atoms. The molecule has 2 amide bonds. The molecule has 6 nitrogen and oxygen atoms in total. The number of carbonyl (C=O) groups excluding carboxylic acids is 1. The van der Waals surface area contributed by atoms with Gasteiger partial charge in [-0.2, -0.15) is 0 Å². The van der Waals surface area contributed by atoms with Gasteiger partial charge in [-0.1, -0.05) is 6.92 Å². The molecule has 22 heavy (non-hydrogen) atoms. The van der Waals surface area contributed by atoms with Gasteiger partial charge in [-0.15, -0.1) is 0 Å². The minimum Gasteiger partial charge on any atom is -0.494 e. The Balaban J connectivity index is 2.05. The molecule has 0 saturated carbocycles. The zero-order valence-electron chi connectivity index (χ0n) is 12.5. The van der Waals surface area contributed by atoms with Crippen molar-refractivity contribution in [2.45, 2.75) is 13.3 Å². The van der Waals surface area contributed by atoms with E-state index in [1.165, 1.54) is 30.2 Å². The smallest absolute Gasteiger partial charge is 0.321 e. The number of benzene rings is 1. The molecule has 2 rings (SSSR count). The van der Waals surface area contributed by atoms with Crippen LogP contribution in [0.2, 0.25) is 0 Å². The van der Waals surface area contributed by atoms with Gasteiger partial charge in [0.25, 0.3) is 0 Å². The SMILES string of the molecule is COc1ccc(NC(=O)N2CC(C)CC(C(=O)O)C2)cc1F. The molecule has 2 unspecified atom stereocenters. The zero-order chi connectivity index (χ0) is 16.3. The van der Waals surface area contributed by atoms with Crippen molar-refractivity contribution in [1.82, 2.24) is 4.90 Å². The van der Waals surface area contributed by atoms with E-state index in [0.717, 1.165) is 0 Å². The molecule has 0 spiro atoms. The number of carboxylic acid groups (broad SMARTS) is 1. The Morgan fingerprint density at radius 2 is 2.14 bits per heavy atom. The molecule has 120 valence electrons. The summed E-state index contributed by atoms with van der Waals surface area (Å²) in [7, 11) is 1.36. The van der Waals surface area contributed by atoms with Crippen molar-refractivity contribution in [2.75, 3.05) is 25.5 Å². The number of urea groups is 1. The van der Waals surface area contributed by atoms with Gasteiger partial charge in [0.2, 0.25) is 0 Å². The number of amides is 2. The number of ether oxygens (including phenoxy) is 1. The van der Waals surface area contributed by atoms with Gasteiger partial charge in [0.05, 0.1) is 13.0 Å². The molecule has 1 aliphatic heterocycles. The van der Waals surface area contributed by atoms with Crippen LogP contribution in [-0.4, -0.2) is 42.2 Å². The first kappa shape index (κ1) is 16.1. The second-order valence-electron chi connectivity index (χ2n) is 5.56. The third-order valence-electron chi connectivity index (χ3n) is 3.70. The van der Waals surface area contributed by atoms with E-state index >= 15 is 0 Å². The third kappa shape index (κ3) is 3.66. The summed E-state index contributed by atoms with van der Waals surface area (Å²) in [6.45, 7) is 2.54. The Bertz CT molecular complexity index is 579. The predicted molar refractivity (Wildman–Crippen MR) is 78.5 cm³/mol. The summed E-state index contributed by atoms with van der Waals surface area (Å²) in [5.74, 6) is -1.85. The minimum absolute atomic E-state index is 0.0931. The lowest BCUT2D eigenvalue weighted by Crippen LogP contribution is -2.47. The van der Waals surface area contributed by atoms with Crippen LogP contribution >= 0.6 is 0 Å². The fourth-order valence-corrected chi connectivity index (χ4v) is 2.64. The Morgan fingerprint density at radius 3 is 2.73 bits per heavy atom. The monoisotopic (exact) mass is 310 g/mol. The van der Waals surface area contributed by atoms with Crippen LogP contribution in [0.1, 0.15) is 13.3 Å². The highest BCUT2D eigenvalue weighted by Gasteiger charge is 2.31. The number of hydrogen-bond donors (Lipinski definition) is 2. The van der Waals surface area contributed by atoms with E-state index in [4.69, 9.17) is 9.84 Å². The van der Waals surface area contributed by atoms with E-state index in [2.05, 4.69) is 5.32 Å². The predicted octanol–water partition coefficient (Wildman–Crippen LogP) is 2.41. The summed E-state index contributed by atoms with van der Waals surface area (Å²) in [5, 5.41) is 11.7. The minimum atomic E-state index is -0.903. The van der Waals surface area contributed by atoms with Gasteiger partial charge >= 0.3 is 12.0 Å². The van der Waals surface area contributed by atoms with E-state index in [-0.39, 0.29) is 18.2 Å². The molecule has 0 aliphatic carbocycles. The number of nitrogens with zero attached hydrogens (tertiary/aromatic N) is 1. The van der Waals surface area contributed by atoms with Crippen LogP contribution < -0.4 is 10.1 Å². The molecule has 1 fully saturated rings. The van der Waals surface area contributed by atoms with E-state index in [1.54, 1.807) is 0 Å². The molecule has 1 aliphatic rings. The van der Waals surface area contributed by atoms with Crippen LogP contribution in [0.25, 0.3) is 0 Å². The number of carbonyl (C=O) groups is 2. The lowest BCUT2D eigenvalue weighted by Gasteiger charge is -2.34. The molecule has 7 heteroatoms. The highest BCUT2D eigenvalue weighted by atomic mass is 19.1. The van der Waals surface area contributed by atoms with Crippen LogP contribution in [0.5, 0.6) is 5.75 Å². The molecule has 0 radical (unpaired) electrons. The highest BCUT2D eigenvalue weighted by Crippen LogP contribution is 2.24. The van der Waals surface area contributed by atoms with Crippen LogP contribution in [-0.2, 0) is 4.79 Å². The summed E-state index contributed by atoms with van der Waals surface area (Å²) >= 11 is 0. The van der Waals surface area contributed by atoms with Crippen molar-refractivity contribution in [2.24, 2.45) is 11.8 Å². The van der Waals surface area contributed by atoms with Gasteiger partial charge < -0.3 is 20.1 Å². The van der Waals surface area contributed by atoms with Gasteiger partial charge in [0, 0.05) is 24.8 Å². The summed E-state index contributed by atoms with van der Waals surface area (Å²) in [5.41, 5.74) is 0.299. The van der Waals surface area contributed by atoms with Crippen molar-refractivity contribution in [1.29, 1.82) is 0 Å². The molecule has 1 aromatic carbocycles. The maximum Gasteiger partial charge on any atom is 0.321 e. The molecular formula is C15H19FN2O4. The number of nitrogens with one attached hydrogen (secondary N) is 1. The molecular weight excluding hydrogens is 291 g/mol. The standard InChI is InChI=1S/C15H19FN2O4/c1-9-5-10(14(19)20)8-18(7-9)15(21)17-11-3-4-13(22-2)12(16)6-11/h3-4,6,9-10H,5,7-8H2,1-2H3,(H,17,21)(H,19,20). The Kier molecular flexibility index (Phi) is 4.85. The van der Waals surface area contributed by atoms with Crippen LogP contribution in [0.4, 0.5) is 14.9 Å². The molecule has 1 aromatic rings. The number of likely N-dealkylation sites (tertiary alicyclic amines) is 1. The van der Waals surface area contributed by atoms with E-state index in [0.29, 0.717) is 18.7 Å². The summed E-state index contributed by atoms with van der Waals surface area (Å²) in [6, 6.07) is 3.69. The van der Waals surface area contributed by atoms with E-state index in [1.807, 2.05) is 6.92 Å². The van der Waals surface area contributed by atoms with Gasteiger partial charge in [-0.25, -0.2) is 9.18 Å². The highest BCUT2D eigenvalue weighted by molar-refractivity contribution is 5.89. The number of halogens is 1. The van der Waals surface area contributed by atoms with Crippen molar-refractivity contribution in [3.05, 3.63) is 24.0 Å². The number of piperidine rings is 1. The first-order valence-corrected chi connectivity index (χ1v) is 7.03. The van der Waals surface area contributed by atoms with Crippen molar-refractivity contribution in [3.63, 3.8) is 0 Å². The largest absolute Gasteiger partial charge is 0.494 e. The topological polar surface area (TPSA) is 78.9 Å². The van der Waals surface area contributed by atoms with Crippen molar-refractivity contribution in [3.8, 4) is 5.75 Å². The van der Waals surface area contributed by atoms with Crippen molar-refractivity contribution < 1.29 is 23.8 Å². The zero-order valence-corrected chi connectivity index (χ0v) is 12.5. The van der Waals surface area contributed by atoms with Gasteiger partial charge in [-0.3, -0.25) is 4.79 Å². The second-order valence-corrected chi connectivity index (χ2v) is 5.56. The summed E-state index contributed by atoms with van der Waals surface area (Å²) in [6.07, 6.45) is 0.552. The van der Waals surface area contributed by atoms with Crippen LogP contribution in [0, 0.1) is 17.7 Å². The summed E-state index contributed by atoms with van der Waals surface area (Å²) in [4.78, 5) is 24.8. The number of aliphatic carboxylic acids is 1. The van der Waals surface area contributed by atoms with E-state index in [9.17, 15) is 14.0 Å². The molecule has 0 aromatic heterocycles.